The Morgan fingerprint density at radius 1 is 1.63 bits per heavy atom. The van der Waals surface area contributed by atoms with E-state index in [1.165, 1.54) is 10.9 Å². The van der Waals surface area contributed by atoms with E-state index < -0.39 is 24.0 Å². The van der Waals surface area contributed by atoms with Crippen molar-refractivity contribution in [1.29, 1.82) is 0 Å². The van der Waals surface area contributed by atoms with Gasteiger partial charge in [0.2, 0.25) is 5.95 Å². The number of nitrogens with zero attached hydrogens (tertiary/aromatic N) is 3. The first-order valence-electron chi connectivity index (χ1n) is 5.77. The lowest BCUT2D eigenvalue weighted by molar-refractivity contribution is -0.0432. The predicted octanol–water partition coefficient (Wildman–Crippen LogP) is -1.66. The van der Waals surface area contributed by atoms with E-state index in [2.05, 4.69) is 15.0 Å². The quantitative estimate of drug-likeness (QED) is 0.510. The number of anilines is 1. The molecule has 1 fully saturated rings. The molecule has 0 radical (unpaired) electrons. The molecule has 19 heavy (non-hydrogen) atoms. The summed E-state index contributed by atoms with van der Waals surface area (Å²) in [6.45, 7) is -0.277. The lowest BCUT2D eigenvalue weighted by Gasteiger charge is -2.13. The number of rotatable bonds is 2. The van der Waals surface area contributed by atoms with Crippen LogP contribution in [-0.4, -0.2) is 48.5 Å². The zero-order chi connectivity index (χ0) is 13.6. The maximum absolute atomic E-state index is 11.6. The molecule has 1 aliphatic heterocycles. The topological polar surface area (TPSA) is 139 Å². The number of ether oxygens (including phenoxy) is 1. The second-order valence-corrected chi connectivity index (χ2v) is 4.39. The molecule has 1 unspecified atom stereocenters. The lowest BCUT2D eigenvalue weighted by Crippen LogP contribution is -2.24. The van der Waals surface area contributed by atoms with Gasteiger partial charge < -0.3 is 20.7 Å². The molecule has 9 heteroatoms. The van der Waals surface area contributed by atoms with Crippen molar-refractivity contribution in [1.82, 2.24) is 19.5 Å². The van der Waals surface area contributed by atoms with Crippen LogP contribution in [0.25, 0.3) is 11.2 Å². The molecular weight excluding hydrogens is 254 g/mol. The van der Waals surface area contributed by atoms with Gasteiger partial charge in [0.25, 0.3) is 5.56 Å². The Bertz CT molecular complexity index is 665. The number of imidazole rings is 1. The monoisotopic (exact) mass is 267 g/mol. The average Bonchev–Trinajstić information content (AvgIpc) is 2.92. The van der Waals surface area contributed by atoms with E-state index in [-0.39, 0.29) is 30.1 Å². The summed E-state index contributed by atoms with van der Waals surface area (Å²) < 4.78 is 7.01. The van der Waals surface area contributed by atoms with Crippen LogP contribution in [0.5, 0.6) is 0 Å². The standard InChI is InChI=1S/C10H13N5O4/c11-10-13-8-7(9(18)14-10)12-3-15(8)6-1-4(17)5(2-16)19-6/h3-6,16-17H,1-2H2,(H3,11,13,14,18)/t4-,5+,6?/m1/s1. The van der Waals surface area contributed by atoms with Crippen LogP contribution in [0.4, 0.5) is 5.95 Å². The summed E-state index contributed by atoms with van der Waals surface area (Å²) in [4.78, 5) is 22.0. The number of fused-ring (bicyclic) bond motifs is 1. The van der Waals surface area contributed by atoms with Crippen LogP contribution in [0.15, 0.2) is 11.1 Å². The summed E-state index contributed by atoms with van der Waals surface area (Å²) in [5.74, 6) is -0.0171. The van der Waals surface area contributed by atoms with Crippen LogP contribution >= 0.6 is 0 Å². The molecule has 0 aliphatic carbocycles. The number of aromatic amines is 1. The van der Waals surface area contributed by atoms with Crippen molar-refractivity contribution in [2.75, 3.05) is 12.3 Å². The smallest absolute Gasteiger partial charge is 0.280 e. The Morgan fingerprint density at radius 2 is 2.42 bits per heavy atom. The Labute approximate surface area is 106 Å². The highest BCUT2D eigenvalue weighted by molar-refractivity contribution is 5.70. The molecule has 0 spiro atoms. The fourth-order valence-corrected chi connectivity index (χ4v) is 2.20. The number of hydrogen-bond acceptors (Lipinski definition) is 7. The number of aliphatic hydroxyl groups excluding tert-OH is 2. The fraction of sp³-hybridized carbons (Fsp3) is 0.500. The van der Waals surface area contributed by atoms with Gasteiger partial charge in [-0.05, 0) is 0 Å². The zero-order valence-electron chi connectivity index (χ0n) is 9.85. The van der Waals surface area contributed by atoms with Crippen LogP contribution in [-0.2, 0) is 4.74 Å². The predicted molar refractivity (Wildman–Crippen MR) is 64.2 cm³/mol. The summed E-state index contributed by atoms with van der Waals surface area (Å²) in [6, 6.07) is 0. The summed E-state index contributed by atoms with van der Waals surface area (Å²) in [5.41, 5.74) is 5.50. The molecule has 3 heterocycles. The highest BCUT2D eigenvalue weighted by Gasteiger charge is 2.35. The first-order valence-corrected chi connectivity index (χ1v) is 5.77. The van der Waals surface area contributed by atoms with Crippen molar-refractivity contribution in [3.63, 3.8) is 0 Å². The number of hydrogen-bond donors (Lipinski definition) is 4. The van der Waals surface area contributed by atoms with E-state index >= 15 is 0 Å². The van der Waals surface area contributed by atoms with Crippen molar-refractivity contribution in [3.8, 4) is 0 Å². The van der Waals surface area contributed by atoms with Gasteiger partial charge in [0.15, 0.2) is 11.2 Å². The molecular formula is C10H13N5O4. The Morgan fingerprint density at radius 3 is 3.11 bits per heavy atom. The minimum absolute atomic E-state index is 0.0171. The maximum Gasteiger partial charge on any atom is 0.280 e. The van der Waals surface area contributed by atoms with Gasteiger partial charge >= 0.3 is 0 Å². The molecule has 1 saturated heterocycles. The van der Waals surface area contributed by atoms with Gasteiger partial charge in [-0.2, -0.15) is 4.98 Å². The van der Waals surface area contributed by atoms with Gasteiger partial charge in [-0.25, -0.2) is 4.98 Å². The van der Waals surface area contributed by atoms with Crippen molar-refractivity contribution in [3.05, 3.63) is 16.7 Å². The highest BCUT2D eigenvalue weighted by atomic mass is 16.5. The van der Waals surface area contributed by atoms with E-state index in [9.17, 15) is 9.90 Å². The summed E-state index contributed by atoms with van der Waals surface area (Å²) >= 11 is 0. The van der Waals surface area contributed by atoms with E-state index in [4.69, 9.17) is 15.6 Å². The molecule has 2 aromatic heterocycles. The molecule has 3 rings (SSSR count). The number of nitrogen functional groups attached to an aromatic ring is 1. The van der Waals surface area contributed by atoms with Gasteiger partial charge in [-0.3, -0.25) is 14.3 Å². The van der Waals surface area contributed by atoms with E-state index in [1.54, 1.807) is 0 Å². The highest BCUT2D eigenvalue weighted by Crippen LogP contribution is 2.30. The number of aliphatic hydroxyl groups is 2. The van der Waals surface area contributed by atoms with Crippen LogP contribution in [0.2, 0.25) is 0 Å². The van der Waals surface area contributed by atoms with E-state index in [0.29, 0.717) is 0 Å². The summed E-state index contributed by atoms with van der Waals surface area (Å²) in [7, 11) is 0. The third kappa shape index (κ3) is 1.87. The molecule has 0 bridgehead atoms. The Balaban J connectivity index is 2.05. The fourth-order valence-electron chi connectivity index (χ4n) is 2.20. The lowest BCUT2D eigenvalue weighted by atomic mass is 10.2. The molecule has 9 nitrogen and oxygen atoms in total. The number of H-pyrrole nitrogens is 1. The first-order chi connectivity index (χ1) is 9.10. The third-order valence-corrected chi connectivity index (χ3v) is 3.15. The summed E-state index contributed by atoms with van der Waals surface area (Å²) in [6.07, 6.45) is -0.270. The molecule has 5 N–H and O–H groups in total. The van der Waals surface area contributed by atoms with E-state index in [1.807, 2.05) is 0 Å². The molecule has 0 amide bonds. The normalized spacial score (nSPS) is 27.2. The van der Waals surface area contributed by atoms with Crippen LogP contribution in [0.3, 0.4) is 0 Å². The number of aromatic nitrogens is 4. The second kappa shape index (κ2) is 4.30. The second-order valence-electron chi connectivity index (χ2n) is 4.39. The third-order valence-electron chi connectivity index (χ3n) is 3.15. The van der Waals surface area contributed by atoms with Crippen molar-refractivity contribution in [2.24, 2.45) is 0 Å². The minimum atomic E-state index is -0.771. The number of nitrogens with two attached hydrogens (primary N) is 1. The van der Waals surface area contributed by atoms with Gasteiger partial charge in [0, 0.05) is 6.42 Å². The molecule has 1 aliphatic rings. The van der Waals surface area contributed by atoms with Gasteiger partial charge in [-0.15, -0.1) is 0 Å². The average molecular weight is 267 g/mol. The van der Waals surface area contributed by atoms with Gasteiger partial charge in [-0.1, -0.05) is 0 Å². The Kier molecular flexibility index (Phi) is 2.73. The van der Waals surface area contributed by atoms with Gasteiger partial charge in [0.05, 0.1) is 19.0 Å². The molecule has 102 valence electrons. The molecule has 3 atom stereocenters. The van der Waals surface area contributed by atoms with E-state index in [0.717, 1.165) is 0 Å². The largest absolute Gasteiger partial charge is 0.394 e. The van der Waals surface area contributed by atoms with Crippen LogP contribution in [0, 0.1) is 0 Å². The van der Waals surface area contributed by atoms with Crippen molar-refractivity contribution in [2.45, 2.75) is 24.9 Å². The Hall–Kier alpha value is -1.97. The van der Waals surface area contributed by atoms with Crippen LogP contribution < -0.4 is 11.3 Å². The van der Waals surface area contributed by atoms with Crippen LogP contribution in [0.1, 0.15) is 12.6 Å². The maximum atomic E-state index is 11.6. The van der Waals surface area contributed by atoms with Crippen molar-refractivity contribution >= 4 is 17.1 Å². The SMILES string of the molecule is Nc1nc2c(ncn2C2C[C@@H](O)[C@H](CO)O2)c(=O)[nH]1. The zero-order valence-corrected chi connectivity index (χ0v) is 9.85. The first kappa shape index (κ1) is 12.1. The molecule has 0 aromatic carbocycles. The minimum Gasteiger partial charge on any atom is -0.394 e. The number of nitrogens with one attached hydrogen (secondary N) is 1. The van der Waals surface area contributed by atoms with Gasteiger partial charge in [0.1, 0.15) is 12.3 Å². The molecule has 0 saturated carbocycles. The summed E-state index contributed by atoms with van der Waals surface area (Å²) in [5, 5.41) is 18.8. The van der Waals surface area contributed by atoms with Crippen molar-refractivity contribution < 1.29 is 14.9 Å². The molecule has 2 aromatic rings.